The third-order valence-electron chi connectivity index (χ3n) is 6.15. The summed E-state index contributed by atoms with van der Waals surface area (Å²) in [4.78, 5) is 23.9. The normalized spacial score (nSPS) is 12.0. The van der Waals surface area contributed by atoms with Crippen LogP contribution in [0.5, 0.6) is 0 Å². The molecule has 0 aromatic carbocycles. The summed E-state index contributed by atoms with van der Waals surface area (Å²) in [6, 6.07) is 0. The van der Waals surface area contributed by atoms with Gasteiger partial charge in [0.2, 0.25) is 0 Å². The first-order valence-electron chi connectivity index (χ1n) is 14.1. The van der Waals surface area contributed by atoms with E-state index >= 15 is 0 Å². The van der Waals surface area contributed by atoms with Gasteiger partial charge in [-0.15, -0.1) is 0 Å². The molecule has 0 saturated carbocycles. The predicted octanol–water partition coefficient (Wildman–Crippen LogP) is 7.67. The minimum Gasteiger partial charge on any atom is -0.462 e. The summed E-state index contributed by atoms with van der Waals surface area (Å²) in [7, 11) is 0. The van der Waals surface area contributed by atoms with E-state index in [1.807, 2.05) is 0 Å². The quantitative estimate of drug-likeness (QED) is 0.109. The van der Waals surface area contributed by atoms with Gasteiger partial charge in [-0.25, -0.2) is 0 Å². The molecule has 0 aromatic heterocycles. The van der Waals surface area contributed by atoms with Crippen LogP contribution in [0.25, 0.3) is 0 Å². The summed E-state index contributed by atoms with van der Waals surface area (Å²) in [5, 5.41) is 9.42. The zero-order valence-electron chi connectivity index (χ0n) is 21.9. The molecule has 5 heteroatoms. The third-order valence-corrected chi connectivity index (χ3v) is 6.15. The van der Waals surface area contributed by atoms with E-state index in [1.165, 1.54) is 83.5 Å². The van der Waals surface area contributed by atoms with Gasteiger partial charge >= 0.3 is 11.9 Å². The van der Waals surface area contributed by atoms with E-state index in [-0.39, 0.29) is 25.2 Å². The summed E-state index contributed by atoms with van der Waals surface area (Å²) in [6.45, 7) is 4.08. The van der Waals surface area contributed by atoms with Gasteiger partial charge in [0, 0.05) is 12.8 Å². The fourth-order valence-corrected chi connectivity index (χ4v) is 3.96. The van der Waals surface area contributed by atoms with Crippen LogP contribution in [0, 0.1) is 0 Å². The van der Waals surface area contributed by atoms with Crippen molar-refractivity contribution in [3.8, 4) is 0 Å². The van der Waals surface area contributed by atoms with Crippen LogP contribution in [0.4, 0.5) is 0 Å². The van der Waals surface area contributed by atoms with E-state index in [0.717, 1.165) is 38.5 Å². The lowest BCUT2D eigenvalue weighted by atomic mass is 10.1. The molecule has 196 valence electrons. The Labute approximate surface area is 204 Å². The molecule has 0 rings (SSSR count). The van der Waals surface area contributed by atoms with Crippen LogP contribution in [0.2, 0.25) is 0 Å². The Hall–Kier alpha value is -1.10. The van der Waals surface area contributed by atoms with Crippen LogP contribution < -0.4 is 0 Å². The van der Waals surface area contributed by atoms with Crippen LogP contribution in [-0.2, 0) is 19.1 Å². The highest BCUT2D eigenvalue weighted by atomic mass is 16.6. The summed E-state index contributed by atoms with van der Waals surface area (Å²) >= 11 is 0. The van der Waals surface area contributed by atoms with Gasteiger partial charge in [-0.1, -0.05) is 123 Å². The topological polar surface area (TPSA) is 72.8 Å². The lowest BCUT2D eigenvalue weighted by Gasteiger charge is -2.15. The smallest absolute Gasteiger partial charge is 0.306 e. The predicted molar refractivity (Wildman–Crippen MR) is 136 cm³/mol. The number of ether oxygens (including phenoxy) is 2. The van der Waals surface area contributed by atoms with Crippen molar-refractivity contribution >= 4 is 11.9 Å². The third kappa shape index (κ3) is 23.8. The number of unbranched alkanes of at least 4 members (excludes halogenated alkanes) is 17. The Bertz CT molecular complexity index is 438. The largest absolute Gasteiger partial charge is 0.462 e. The van der Waals surface area contributed by atoms with Gasteiger partial charge in [-0.3, -0.25) is 9.59 Å². The molecule has 0 heterocycles. The molecule has 0 aliphatic carbocycles. The van der Waals surface area contributed by atoms with Crippen LogP contribution >= 0.6 is 0 Å². The monoisotopic (exact) mass is 470 g/mol. The van der Waals surface area contributed by atoms with Crippen molar-refractivity contribution in [2.75, 3.05) is 13.2 Å². The molecule has 5 nitrogen and oxygen atoms in total. The molecule has 0 bridgehead atoms. The molecule has 1 atom stereocenters. The van der Waals surface area contributed by atoms with E-state index in [9.17, 15) is 14.7 Å². The molecule has 1 unspecified atom stereocenters. The zero-order chi connectivity index (χ0) is 24.4. The van der Waals surface area contributed by atoms with E-state index < -0.39 is 6.10 Å². The van der Waals surface area contributed by atoms with E-state index in [1.54, 1.807) is 0 Å². The molecular formula is C28H54O5. The minimum atomic E-state index is -0.757. The summed E-state index contributed by atoms with van der Waals surface area (Å²) in [5.41, 5.74) is 0. The Kier molecular flexibility index (Phi) is 24.7. The average molecular weight is 471 g/mol. The molecule has 33 heavy (non-hydrogen) atoms. The van der Waals surface area contributed by atoms with Crippen molar-refractivity contribution in [1.29, 1.82) is 0 Å². The number of hydrogen-bond donors (Lipinski definition) is 1. The molecule has 0 fully saturated rings. The van der Waals surface area contributed by atoms with Gasteiger partial charge in [0.1, 0.15) is 6.61 Å². The molecule has 1 N–H and O–H groups in total. The molecule has 0 spiro atoms. The number of hydrogen-bond acceptors (Lipinski definition) is 5. The number of esters is 2. The van der Waals surface area contributed by atoms with E-state index in [4.69, 9.17) is 9.47 Å². The van der Waals surface area contributed by atoms with Crippen molar-refractivity contribution in [3.05, 3.63) is 0 Å². The Morgan fingerprint density at radius 2 is 0.939 bits per heavy atom. The number of carbonyl (C=O) groups is 2. The maximum atomic E-state index is 12.0. The SMILES string of the molecule is CCCCCCCCCCCCC(=O)OC(CO)COC(=O)CCCCCCCCCCC. The highest BCUT2D eigenvalue weighted by Crippen LogP contribution is 2.13. The molecule has 0 aromatic rings. The number of aliphatic hydroxyl groups is 1. The first-order chi connectivity index (χ1) is 16.1. The second kappa shape index (κ2) is 25.5. The average Bonchev–Trinajstić information content (AvgIpc) is 2.81. The van der Waals surface area contributed by atoms with Gasteiger partial charge < -0.3 is 14.6 Å². The van der Waals surface area contributed by atoms with Gasteiger partial charge in [-0.2, -0.15) is 0 Å². The molecular weight excluding hydrogens is 416 g/mol. The molecule has 0 aliphatic heterocycles. The van der Waals surface area contributed by atoms with Crippen molar-refractivity contribution in [2.45, 2.75) is 155 Å². The van der Waals surface area contributed by atoms with Gasteiger partial charge in [-0.05, 0) is 12.8 Å². The van der Waals surface area contributed by atoms with Crippen molar-refractivity contribution in [1.82, 2.24) is 0 Å². The van der Waals surface area contributed by atoms with Crippen molar-refractivity contribution in [2.24, 2.45) is 0 Å². The fraction of sp³-hybridized carbons (Fsp3) is 0.929. The maximum Gasteiger partial charge on any atom is 0.306 e. The van der Waals surface area contributed by atoms with Gasteiger partial charge in [0.25, 0.3) is 0 Å². The standard InChI is InChI=1S/C28H54O5/c1-3-5-7-9-11-13-15-17-19-21-23-28(31)33-26(24-29)25-32-27(30)22-20-18-16-14-12-10-8-6-4-2/h26,29H,3-25H2,1-2H3. The van der Waals surface area contributed by atoms with Gasteiger partial charge in [0.15, 0.2) is 6.10 Å². The van der Waals surface area contributed by atoms with Crippen LogP contribution in [0.1, 0.15) is 149 Å². The zero-order valence-corrected chi connectivity index (χ0v) is 21.9. The minimum absolute atomic E-state index is 0.0590. The van der Waals surface area contributed by atoms with Crippen LogP contribution in [-0.4, -0.2) is 36.4 Å². The molecule has 0 aliphatic rings. The number of aliphatic hydroxyl groups excluding tert-OH is 1. The summed E-state index contributed by atoms with van der Waals surface area (Å²) < 4.78 is 10.5. The molecule has 0 radical (unpaired) electrons. The van der Waals surface area contributed by atoms with E-state index in [0.29, 0.717) is 12.8 Å². The Balaban J connectivity index is 3.60. The number of carbonyl (C=O) groups excluding carboxylic acids is 2. The Morgan fingerprint density at radius 3 is 1.33 bits per heavy atom. The van der Waals surface area contributed by atoms with E-state index in [2.05, 4.69) is 13.8 Å². The first kappa shape index (κ1) is 31.9. The fourth-order valence-electron chi connectivity index (χ4n) is 3.96. The highest BCUT2D eigenvalue weighted by Gasteiger charge is 2.16. The summed E-state index contributed by atoms with van der Waals surface area (Å²) in [5.74, 6) is -0.592. The van der Waals surface area contributed by atoms with Crippen molar-refractivity contribution < 1.29 is 24.2 Å². The number of rotatable bonds is 25. The molecule has 0 amide bonds. The Morgan fingerprint density at radius 1 is 0.576 bits per heavy atom. The van der Waals surface area contributed by atoms with Gasteiger partial charge in [0.05, 0.1) is 6.61 Å². The lowest BCUT2D eigenvalue weighted by Crippen LogP contribution is -2.28. The highest BCUT2D eigenvalue weighted by molar-refractivity contribution is 5.70. The second-order valence-corrected chi connectivity index (χ2v) is 9.49. The first-order valence-corrected chi connectivity index (χ1v) is 14.1. The van der Waals surface area contributed by atoms with Crippen LogP contribution in [0.3, 0.4) is 0 Å². The van der Waals surface area contributed by atoms with Crippen molar-refractivity contribution in [3.63, 3.8) is 0 Å². The second-order valence-electron chi connectivity index (χ2n) is 9.49. The maximum absolute atomic E-state index is 12.0. The molecule has 0 saturated heterocycles. The summed E-state index contributed by atoms with van der Waals surface area (Å²) in [6.07, 6.45) is 22.9. The lowest BCUT2D eigenvalue weighted by molar-refractivity contribution is -0.161. The van der Waals surface area contributed by atoms with Crippen LogP contribution in [0.15, 0.2) is 0 Å².